The summed E-state index contributed by atoms with van der Waals surface area (Å²) >= 11 is 6.12. The first kappa shape index (κ1) is 18.7. The molecule has 0 fully saturated rings. The van der Waals surface area contributed by atoms with E-state index in [-0.39, 0.29) is 11.9 Å². The molecule has 0 aliphatic heterocycles. The Hall–Kier alpha value is -3.12. The summed E-state index contributed by atoms with van der Waals surface area (Å²) in [5, 5.41) is 6.82. The number of nitrogens with zero attached hydrogens (tertiary/aromatic N) is 3. The van der Waals surface area contributed by atoms with Crippen molar-refractivity contribution in [2.24, 2.45) is 10.7 Å². The Bertz CT molecular complexity index is 927. The van der Waals surface area contributed by atoms with Crippen molar-refractivity contribution in [1.29, 1.82) is 0 Å². The number of hydrogen-bond acceptors (Lipinski definition) is 4. The standard InChI is InChI=1S/C20H21ClN6/c1-14-13-18(23-12-11-15-7-3-2-4-8-15)26-20(24-14)27-19(22)25-17-10-6-5-9-16(17)21/h2-10,13H,11-12H2,1H3,(H4,22,23,24,25,26,27). The van der Waals surface area contributed by atoms with Crippen molar-refractivity contribution in [3.8, 4) is 0 Å². The molecule has 3 rings (SSSR count). The van der Waals surface area contributed by atoms with Crippen molar-refractivity contribution in [2.45, 2.75) is 13.3 Å². The van der Waals surface area contributed by atoms with Crippen LogP contribution < -0.4 is 16.4 Å². The molecule has 0 radical (unpaired) electrons. The van der Waals surface area contributed by atoms with Gasteiger partial charge < -0.3 is 16.4 Å². The number of aryl methyl sites for hydroxylation is 1. The number of benzene rings is 2. The van der Waals surface area contributed by atoms with Crippen LogP contribution in [0.1, 0.15) is 11.3 Å². The van der Waals surface area contributed by atoms with E-state index in [1.165, 1.54) is 5.56 Å². The van der Waals surface area contributed by atoms with Crippen molar-refractivity contribution < 1.29 is 0 Å². The molecule has 0 spiro atoms. The van der Waals surface area contributed by atoms with Crippen molar-refractivity contribution in [1.82, 2.24) is 9.97 Å². The molecule has 0 bridgehead atoms. The lowest BCUT2D eigenvalue weighted by Crippen LogP contribution is -2.22. The Morgan fingerprint density at radius 2 is 1.81 bits per heavy atom. The van der Waals surface area contributed by atoms with Gasteiger partial charge in [-0.2, -0.15) is 9.98 Å². The Labute approximate surface area is 163 Å². The zero-order valence-corrected chi connectivity index (χ0v) is 15.7. The molecule has 0 saturated heterocycles. The van der Waals surface area contributed by atoms with E-state index < -0.39 is 0 Å². The molecule has 3 aromatic rings. The fourth-order valence-corrected chi connectivity index (χ4v) is 2.69. The zero-order valence-electron chi connectivity index (χ0n) is 15.0. The van der Waals surface area contributed by atoms with Crippen LogP contribution in [0.5, 0.6) is 0 Å². The third-order valence-corrected chi connectivity index (χ3v) is 4.09. The highest BCUT2D eigenvalue weighted by Crippen LogP contribution is 2.20. The number of guanidine groups is 1. The third-order valence-electron chi connectivity index (χ3n) is 3.76. The molecule has 138 valence electrons. The first-order valence-corrected chi connectivity index (χ1v) is 8.97. The number of rotatable bonds is 6. The Kier molecular flexibility index (Phi) is 6.22. The van der Waals surface area contributed by atoms with Gasteiger partial charge in [0.1, 0.15) is 5.82 Å². The molecule has 27 heavy (non-hydrogen) atoms. The van der Waals surface area contributed by atoms with E-state index in [0.717, 1.165) is 18.7 Å². The molecule has 0 amide bonds. The summed E-state index contributed by atoms with van der Waals surface area (Å²) in [7, 11) is 0. The molecule has 0 saturated carbocycles. The van der Waals surface area contributed by atoms with Crippen LogP contribution in [-0.2, 0) is 6.42 Å². The van der Waals surface area contributed by atoms with Gasteiger partial charge in [-0.05, 0) is 31.0 Å². The molecule has 7 heteroatoms. The largest absolute Gasteiger partial charge is 0.370 e. The topological polar surface area (TPSA) is 88.2 Å². The zero-order chi connectivity index (χ0) is 19.1. The minimum atomic E-state index is 0.170. The van der Waals surface area contributed by atoms with E-state index in [1.807, 2.05) is 49.4 Å². The molecule has 6 nitrogen and oxygen atoms in total. The highest BCUT2D eigenvalue weighted by Gasteiger charge is 2.04. The van der Waals surface area contributed by atoms with Gasteiger partial charge in [0, 0.05) is 18.3 Å². The Morgan fingerprint density at radius 1 is 1.07 bits per heavy atom. The Morgan fingerprint density at radius 3 is 2.59 bits per heavy atom. The van der Waals surface area contributed by atoms with E-state index in [0.29, 0.717) is 16.5 Å². The SMILES string of the molecule is Cc1cc(NCCc2ccccc2)nc(N=C(N)Nc2ccccc2Cl)n1. The summed E-state index contributed by atoms with van der Waals surface area (Å²) in [6.45, 7) is 2.65. The highest BCUT2D eigenvalue weighted by atomic mass is 35.5. The molecule has 1 aromatic heterocycles. The molecule has 4 N–H and O–H groups in total. The maximum atomic E-state index is 6.12. The molecule has 0 atom stereocenters. The second-order valence-electron chi connectivity index (χ2n) is 5.96. The van der Waals surface area contributed by atoms with Gasteiger partial charge in [0.05, 0.1) is 10.7 Å². The molecular formula is C20H21ClN6. The molecule has 0 aliphatic rings. The summed E-state index contributed by atoms with van der Waals surface area (Å²) in [5.74, 6) is 1.17. The van der Waals surface area contributed by atoms with Crippen LogP contribution in [0.15, 0.2) is 65.7 Å². The lowest BCUT2D eigenvalue weighted by atomic mass is 10.1. The van der Waals surface area contributed by atoms with Crippen LogP contribution in [0.3, 0.4) is 0 Å². The number of nitrogens with one attached hydrogen (secondary N) is 2. The minimum Gasteiger partial charge on any atom is -0.370 e. The number of para-hydroxylation sites is 1. The van der Waals surface area contributed by atoms with Crippen molar-refractivity contribution >= 4 is 35.0 Å². The summed E-state index contributed by atoms with van der Waals surface area (Å²) in [4.78, 5) is 13.0. The second-order valence-corrected chi connectivity index (χ2v) is 6.37. The third kappa shape index (κ3) is 5.69. The van der Waals surface area contributed by atoms with Gasteiger partial charge in [-0.25, -0.2) is 4.98 Å². The number of nitrogens with two attached hydrogens (primary N) is 1. The second kappa shape index (κ2) is 9.00. The molecular weight excluding hydrogens is 360 g/mol. The van der Waals surface area contributed by atoms with Crippen LogP contribution in [0.4, 0.5) is 17.5 Å². The van der Waals surface area contributed by atoms with Crippen molar-refractivity contribution in [2.75, 3.05) is 17.2 Å². The normalized spacial score (nSPS) is 11.3. The maximum absolute atomic E-state index is 6.12. The number of anilines is 2. The molecule has 1 heterocycles. The minimum absolute atomic E-state index is 0.170. The number of aromatic nitrogens is 2. The quantitative estimate of drug-likeness (QED) is 0.441. The van der Waals surface area contributed by atoms with Gasteiger partial charge in [-0.1, -0.05) is 54.1 Å². The summed E-state index contributed by atoms with van der Waals surface area (Å²) in [6.07, 6.45) is 0.901. The van der Waals surface area contributed by atoms with Crippen molar-refractivity contribution in [3.63, 3.8) is 0 Å². The van der Waals surface area contributed by atoms with Gasteiger partial charge in [-0.3, -0.25) is 0 Å². The van der Waals surface area contributed by atoms with E-state index in [9.17, 15) is 0 Å². The first-order valence-electron chi connectivity index (χ1n) is 8.59. The summed E-state index contributed by atoms with van der Waals surface area (Å²) < 4.78 is 0. The van der Waals surface area contributed by atoms with Crippen LogP contribution in [0.2, 0.25) is 5.02 Å². The number of aliphatic imine (C=N–C) groups is 1. The van der Waals surface area contributed by atoms with Crippen LogP contribution in [0, 0.1) is 6.92 Å². The van der Waals surface area contributed by atoms with Gasteiger partial charge in [-0.15, -0.1) is 0 Å². The fourth-order valence-electron chi connectivity index (χ4n) is 2.51. The first-order chi connectivity index (χ1) is 13.1. The summed E-state index contributed by atoms with van der Waals surface area (Å²) in [5.41, 5.74) is 8.71. The maximum Gasteiger partial charge on any atom is 0.254 e. The Balaban J connectivity index is 1.66. The van der Waals surface area contributed by atoms with Crippen LogP contribution in [-0.4, -0.2) is 22.5 Å². The fraction of sp³-hybridized carbons (Fsp3) is 0.150. The number of hydrogen-bond donors (Lipinski definition) is 3. The lowest BCUT2D eigenvalue weighted by Gasteiger charge is -2.09. The summed E-state index contributed by atoms with van der Waals surface area (Å²) in [6, 6.07) is 19.5. The highest BCUT2D eigenvalue weighted by molar-refractivity contribution is 6.33. The van der Waals surface area contributed by atoms with E-state index in [1.54, 1.807) is 6.07 Å². The van der Waals surface area contributed by atoms with Crippen molar-refractivity contribution in [3.05, 3.63) is 76.9 Å². The lowest BCUT2D eigenvalue weighted by molar-refractivity contribution is 0.990. The van der Waals surface area contributed by atoms with Gasteiger partial charge in [0.25, 0.3) is 5.95 Å². The average Bonchev–Trinajstić information content (AvgIpc) is 2.64. The molecule has 2 aromatic carbocycles. The predicted molar refractivity (Wildman–Crippen MR) is 112 cm³/mol. The molecule has 0 unspecified atom stereocenters. The predicted octanol–water partition coefficient (Wildman–Crippen LogP) is 4.15. The number of halogens is 1. The smallest absolute Gasteiger partial charge is 0.254 e. The van der Waals surface area contributed by atoms with Crippen LogP contribution in [0.25, 0.3) is 0 Å². The average molecular weight is 381 g/mol. The van der Waals surface area contributed by atoms with Gasteiger partial charge >= 0.3 is 0 Å². The van der Waals surface area contributed by atoms with E-state index >= 15 is 0 Å². The van der Waals surface area contributed by atoms with E-state index in [2.05, 4.69) is 37.7 Å². The van der Waals surface area contributed by atoms with Crippen LogP contribution >= 0.6 is 11.6 Å². The van der Waals surface area contributed by atoms with Gasteiger partial charge in [0.15, 0.2) is 0 Å². The van der Waals surface area contributed by atoms with E-state index in [4.69, 9.17) is 17.3 Å². The molecule has 0 aliphatic carbocycles. The monoisotopic (exact) mass is 380 g/mol. The van der Waals surface area contributed by atoms with Gasteiger partial charge in [0.2, 0.25) is 5.96 Å².